The number of thioether (sulfide) groups is 1. The normalized spacial score (nSPS) is 27.3. The first-order valence-corrected chi connectivity index (χ1v) is 17.3. The number of halogens is 1. The molecule has 3 fully saturated rings. The minimum Gasteiger partial charge on any atom is -0.494 e. The predicted octanol–water partition coefficient (Wildman–Crippen LogP) is 5.04. The van der Waals surface area contributed by atoms with Gasteiger partial charge in [-0.3, -0.25) is 14.4 Å². The highest BCUT2D eigenvalue weighted by Gasteiger charge is 2.76. The summed E-state index contributed by atoms with van der Waals surface area (Å²) in [5.74, 6) is -0.735. The number of rotatable bonds is 16. The van der Waals surface area contributed by atoms with Crippen LogP contribution in [-0.2, 0) is 14.4 Å². The number of amides is 3. The third kappa shape index (κ3) is 6.43. The molecule has 3 aliphatic heterocycles. The Balaban J connectivity index is 1.72. The maximum atomic E-state index is 14.5. The lowest BCUT2D eigenvalue weighted by Gasteiger charge is -2.39. The number of carbonyl (C=O) groups is 3. The molecule has 3 aliphatic rings. The van der Waals surface area contributed by atoms with Gasteiger partial charge in [-0.25, -0.2) is 0 Å². The number of fused-ring (bicyclic) bond motifs is 1. The second-order valence-corrected chi connectivity index (χ2v) is 14.6. The van der Waals surface area contributed by atoms with Gasteiger partial charge in [0.05, 0.1) is 23.2 Å². The first-order chi connectivity index (χ1) is 20.7. The Kier molecular flexibility index (Phi) is 11.4. The summed E-state index contributed by atoms with van der Waals surface area (Å²) in [5, 5.41) is 9.07. The number of hydrogen-bond donors (Lipinski definition) is 1. The smallest absolute Gasteiger partial charge is 0.247 e. The molecule has 1 aromatic rings. The van der Waals surface area contributed by atoms with Gasteiger partial charge in [0.15, 0.2) is 0 Å². The predicted molar refractivity (Wildman–Crippen MR) is 177 cm³/mol. The van der Waals surface area contributed by atoms with E-state index in [4.69, 9.17) is 4.74 Å². The molecule has 3 amide bonds. The number of carbonyl (C=O) groups excluding carboxylic acids is 3. The van der Waals surface area contributed by atoms with Crippen LogP contribution in [0.15, 0.2) is 49.6 Å². The highest BCUT2D eigenvalue weighted by molar-refractivity contribution is 9.09. The lowest BCUT2D eigenvalue weighted by atomic mass is 9.70. The summed E-state index contributed by atoms with van der Waals surface area (Å²) < 4.78 is 4.90. The Labute approximate surface area is 269 Å². The zero-order chi connectivity index (χ0) is 31.3. The summed E-state index contributed by atoms with van der Waals surface area (Å²) in [4.78, 5) is 48.7. The molecule has 43 heavy (non-hydrogen) atoms. The maximum Gasteiger partial charge on any atom is 0.247 e. The Bertz CT molecular complexity index is 1180. The maximum absolute atomic E-state index is 14.5. The van der Waals surface area contributed by atoms with E-state index in [1.807, 2.05) is 45.0 Å². The van der Waals surface area contributed by atoms with Gasteiger partial charge < -0.3 is 24.5 Å². The molecule has 1 aromatic carbocycles. The Morgan fingerprint density at radius 2 is 1.81 bits per heavy atom. The molecule has 3 heterocycles. The number of nitrogens with zero attached hydrogens (tertiary/aromatic N) is 3. The third-order valence-electron chi connectivity index (χ3n) is 8.88. The number of aliphatic hydroxyl groups excluding tert-OH is 1. The largest absolute Gasteiger partial charge is 0.494 e. The van der Waals surface area contributed by atoms with E-state index >= 15 is 0 Å². The van der Waals surface area contributed by atoms with Gasteiger partial charge in [-0.2, -0.15) is 0 Å². The second kappa shape index (κ2) is 14.7. The quantitative estimate of drug-likeness (QED) is 0.150. The zero-order valence-corrected chi connectivity index (χ0v) is 28.0. The van der Waals surface area contributed by atoms with Crippen molar-refractivity contribution in [1.82, 2.24) is 9.80 Å². The standard InChI is InChI=1S/C33H46BrN3O5S/c1-6-17-35(22(4)5)32(41)29-33-21-25(34)28(43-33)26(27(33)31(40)37(29)19-11-9-10-12-20-38)30(39)36(18-7-2)23-13-15-24(16-14-23)42-8-3/h6-7,13-16,22,25-29,38H,1-2,8-12,17-21H2,3-5H3/t25?,26-,27+,28-,29?,33?/m1/s1. The molecular formula is C33H46BrN3O5S. The highest BCUT2D eigenvalue weighted by Crippen LogP contribution is 2.68. The van der Waals surface area contributed by atoms with E-state index in [1.165, 1.54) is 0 Å². The summed E-state index contributed by atoms with van der Waals surface area (Å²) >= 11 is 5.54. The van der Waals surface area contributed by atoms with Crippen LogP contribution in [0.4, 0.5) is 5.69 Å². The SMILES string of the molecule is C=CCN(C(=O)[C@H]1[C@@H]2SC3(CC2Br)C(C(=O)N(CC=C)C(C)C)N(CCCCCCO)C(=O)[C@H]13)c1ccc(OCC)cc1. The van der Waals surface area contributed by atoms with Crippen LogP contribution in [0.5, 0.6) is 5.75 Å². The molecule has 0 aliphatic carbocycles. The third-order valence-corrected chi connectivity index (χ3v) is 12.1. The molecule has 4 rings (SSSR count). The van der Waals surface area contributed by atoms with E-state index in [1.54, 1.807) is 38.6 Å². The summed E-state index contributed by atoms with van der Waals surface area (Å²) in [6.45, 7) is 15.5. The molecule has 1 N–H and O–H groups in total. The van der Waals surface area contributed by atoms with E-state index < -0.39 is 22.6 Å². The monoisotopic (exact) mass is 675 g/mol. The van der Waals surface area contributed by atoms with E-state index in [9.17, 15) is 19.5 Å². The van der Waals surface area contributed by atoms with Gasteiger partial charge in [-0.1, -0.05) is 40.9 Å². The van der Waals surface area contributed by atoms with Gasteiger partial charge in [-0.15, -0.1) is 24.9 Å². The van der Waals surface area contributed by atoms with Crippen LogP contribution >= 0.6 is 27.7 Å². The van der Waals surface area contributed by atoms with Crippen LogP contribution in [0.1, 0.15) is 52.9 Å². The summed E-state index contributed by atoms with van der Waals surface area (Å²) in [7, 11) is 0. The number of benzene rings is 1. The molecule has 0 aromatic heterocycles. The molecule has 6 atom stereocenters. The fourth-order valence-corrected chi connectivity index (χ4v) is 10.7. The van der Waals surface area contributed by atoms with Crippen LogP contribution in [0.3, 0.4) is 0 Å². The molecular weight excluding hydrogens is 630 g/mol. The summed E-state index contributed by atoms with van der Waals surface area (Å²) in [6.07, 6.45) is 7.24. The van der Waals surface area contributed by atoms with Gasteiger partial charge >= 0.3 is 0 Å². The highest BCUT2D eigenvalue weighted by atomic mass is 79.9. The Morgan fingerprint density at radius 3 is 2.42 bits per heavy atom. The van der Waals surface area contributed by atoms with Gasteiger partial charge in [0.2, 0.25) is 17.7 Å². The fraction of sp³-hybridized carbons (Fsp3) is 0.606. The molecule has 3 saturated heterocycles. The van der Waals surface area contributed by atoms with Crippen molar-refractivity contribution in [2.24, 2.45) is 11.8 Å². The number of unbranched alkanes of at least 4 members (excludes halogenated alkanes) is 3. The van der Waals surface area contributed by atoms with Crippen LogP contribution in [0.2, 0.25) is 0 Å². The molecule has 0 radical (unpaired) electrons. The molecule has 236 valence electrons. The van der Waals surface area contributed by atoms with Crippen molar-refractivity contribution in [1.29, 1.82) is 0 Å². The Hall–Kier alpha value is -2.30. The number of anilines is 1. The fourth-order valence-electron chi connectivity index (χ4n) is 7.05. The minimum absolute atomic E-state index is 0.00637. The van der Waals surface area contributed by atoms with Crippen molar-refractivity contribution in [3.63, 3.8) is 0 Å². The van der Waals surface area contributed by atoms with E-state index in [0.29, 0.717) is 39.1 Å². The van der Waals surface area contributed by atoms with Crippen LogP contribution < -0.4 is 9.64 Å². The van der Waals surface area contributed by atoms with Gasteiger partial charge in [0, 0.05) is 48.0 Å². The van der Waals surface area contributed by atoms with Crippen LogP contribution in [0, 0.1) is 11.8 Å². The minimum atomic E-state index is -0.703. The van der Waals surface area contributed by atoms with Crippen molar-refractivity contribution in [2.75, 3.05) is 37.7 Å². The van der Waals surface area contributed by atoms with Gasteiger partial charge in [-0.05, 0) is 64.3 Å². The molecule has 3 unspecified atom stereocenters. The lowest BCUT2D eigenvalue weighted by molar-refractivity contribution is -0.143. The average Bonchev–Trinajstić information content (AvgIpc) is 3.57. The number of hydrogen-bond acceptors (Lipinski definition) is 6. The number of ether oxygens (including phenoxy) is 1. The topological polar surface area (TPSA) is 90.4 Å². The van der Waals surface area contributed by atoms with Crippen molar-refractivity contribution < 1.29 is 24.2 Å². The molecule has 8 nitrogen and oxygen atoms in total. The summed E-state index contributed by atoms with van der Waals surface area (Å²) in [5.41, 5.74) is 0.720. The van der Waals surface area contributed by atoms with Crippen molar-refractivity contribution in [3.05, 3.63) is 49.6 Å². The van der Waals surface area contributed by atoms with Gasteiger partial charge in [0.25, 0.3) is 0 Å². The summed E-state index contributed by atoms with van der Waals surface area (Å²) in [6, 6.07) is 6.71. The first kappa shape index (κ1) is 33.6. The molecule has 2 bridgehead atoms. The van der Waals surface area contributed by atoms with Crippen molar-refractivity contribution in [3.8, 4) is 5.75 Å². The molecule has 1 spiro atoms. The van der Waals surface area contributed by atoms with Crippen molar-refractivity contribution >= 4 is 51.1 Å². The van der Waals surface area contributed by atoms with E-state index in [-0.39, 0.29) is 40.4 Å². The zero-order valence-electron chi connectivity index (χ0n) is 25.6. The van der Waals surface area contributed by atoms with Crippen LogP contribution in [0.25, 0.3) is 0 Å². The lowest BCUT2D eigenvalue weighted by Crippen LogP contribution is -2.57. The first-order valence-electron chi connectivity index (χ1n) is 15.5. The van der Waals surface area contributed by atoms with Crippen LogP contribution in [-0.4, -0.2) is 92.4 Å². The van der Waals surface area contributed by atoms with E-state index in [2.05, 4.69) is 29.1 Å². The number of alkyl halides is 1. The average molecular weight is 677 g/mol. The molecule has 10 heteroatoms. The number of aliphatic hydroxyl groups is 1. The van der Waals surface area contributed by atoms with Gasteiger partial charge in [0.1, 0.15) is 11.8 Å². The van der Waals surface area contributed by atoms with E-state index in [0.717, 1.165) is 30.7 Å². The number of likely N-dealkylation sites (tertiary alicyclic amines) is 1. The Morgan fingerprint density at radius 1 is 1.14 bits per heavy atom. The van der Waals surface area contributed by atoms with Crippen molar-refractivity contribution in [2.45, 2.75) is 79.8 Å². The second-order valence-electron chi connectivity index (χ2n) is 11.9. The molecule has 0 saturated carbocycles.